The van der Waals surface area contributed by atoms with Crippen molar-refractivity contribution in [3.05, 3.63) is 80.8 Å². The van der Waals surface area contributed by atoms with E-state index in [2.05, 4.69) is 17.2 Å². The SMILES string of the molecule is CCCCCCn1c(=O)nc(NC2=CC=CC(C(F)(F)F)C2)n(Cc2ccccc2)c1=O. The average Bonchev–Trinajstić information content (AvgIpc) is 2.76. The lowest BCUT2D eigenvalue weighted by molar-refractivity contribution is -0.160. The summed E-state index contributed by atoms with van der Waals surface area (Å²) in [6, 6.07) is 9.15. The number of alkyl halides is 3. The Bertz CT molecular complexity index is 1090. The van der Waals surface area contributed by atoms with Gasteiger partial charge in [-0.05, 0) is 18.1 Å². The van der Waals surface area contributed by atoms with Gasteiger partial charge in [-0.15, -0.1) is 0 Å². The highest BCUT2D eigenvalue weighted by atomic mass is 19.4. The highest BCUT2D eigenvalue weighted by Gasteiger charge is 2.39. The monoisotopic (exact) mass is 448 g/mol. The molecule has 172 valence electrons. The minimum atomic E-state index is -4.38. The number of aromatic nitrogens is 3. The first-order valence-corrected chi connectivity index (χ1v) is 10.8. The molecule has 0 radical (unpaired) electrons. The molecule has 0 bridgehead atoms. The number of rotatable bonds is 9. The van der Waals surface area contributed by atoms with Gasteiger partial charge in [-0.2, -0.15) is 18.2 Å². The molecule has 1 unspecified atom stereocenters. The van der Waals surface area contributed by atoms with E-state index in [4.69, 9.17) is 0 Å². The summed E-state index contributed by atoms with van der Waals surface area (Å²) in [6.45, 7) is 2.46. The number of anilines is 1. The topological polar surface area (TPSA) is 68.9 Å². The van der Waals surface area contributed by atoms with Crippen LogP contribution in [-0.4, -0.2) is 20.3 Å². The van der Waals surface area contributed by atoms with Crippen molar-refractivity contribution >= 4 is 5.95 Å². The van der Waals surface area contributed by atoms with Crippen LogP contribution in [0, 0.1) is 5.92 Å². The Kier molecular flexibility index (Phi) is 7.71. The molecule has 0 amide bonds. The predicted molar refractivity (Wildman–Crippen MR) is 117 cm³/mol. The molecule has 1 heterocycles. The Hall–Kier alpha value is -3.10. The molecular weight excluding hydrogens is 421 g/mol. The number of nitrogens with zero attached hydrogens (tertiary/aromatic N) is 3. The van der Waals surface area contributed by atoms with Crippen molar-refractivity contribution in [1.29, 1.82) is 0 Å². The van der Waals surface area contributed by atoms with E-state index < -0.39 is 23.5 Å². The molecule has 0 saturated carbocycles. The fourth-order valence-corrected chi connectivity index (χ4v) is 3.56. The fraction of sp³-hybridized carbons (Fsp3) is 0.435. The largest absolute Gasteiger partial charge is 0.395 e. The van der Waals surface area contributed by atoms with Gasteiger partial charge in [0.15, 0.2) is 0 Å². The summed E-state index contributed by atoms with van der Waals surface area (Å²) < 4.78 is 41.8. The van der Waals surface area contributed by atoms with Gasteiger partial charge in [0.1, 0.15) is 0 Å². The van der Waals surface area contributed by atoms with Gasteiger partial charge in [0.05, 0.1) is 12.5 Å². The van der Waals surface area contributed by atoms with Gasteiger partial charge >= 0.3 is 17.6 Å². The molecule has 1 aliphatic carbocycles. The molecular formula is C23H27F3N4O2. The van der Waals surface area contributed by atoms with Crippen molar-refractivity contribution in [2.45, 2.75) is 58.3 Å². The first kappa shape index (κ1) is 23.6. The zero-order chi connectivity index (χ0) is 23.1. The van der Waals surface area contributed by atoms with Crippen LogP contribution >= 0.6 is 0 Å². The van der Waals surface area contributed by atoms with E-state index in [1.165, 1.54) is 16.7 Å². The zero-order valence-corrected chi connectivity index (χ0v) is 17.9. The van der Waals surface area contributed by atoms with Crippen molar-refractivity contribution in [1.82, 2.24) is 14.1 Å². The molecule has 0 saturated heterocycles. The summed E-state index contributed by atoms with van der Waals surface area (Å²) in [7, 11) is 0. The molecule has 2 aromatic rings. The maximum atomic E-state index is 13.2. The van der Waals surface area contributed by atoms with Gasteiger partial charge in [-0.3, -0.25) is 4.57 Å². The summed E-state index contributed by atoms with van der Waals surface area (Å²) in [5.41, 5.74) is -0.199. The van der Waals surface area contributed by atoms with Gasteiger partial charge in [-0.25, -0.2) is 14.2 Å². The molecule has 1 aromatic heterocycles. The minimum absolute atomic E-state index is 0.0591. The van der Waals surface area contributed by atoms with Crippen LogP contribution in [-0.2, 0) is 13.1 Å². The van der Waals surface area contributed by atoms with E-state index in [1.807, 2.05) is 30.3 Å². The van der Waals surface area contributed by atoms with Crippen LogP contribution in [0.25, 0.3) is 0 Å². The second-order valence-electron chi connectivity index (χ2n) is 7.84. The van der Waals surface area contributed by atoms with Gasteiger partial charge in [0, 0.05) is 18.7 Å². The van der Waals surface area contributed by atoms with Crippen LogP contribution in [0.4, 0.5) is 19.1 Å². The number of hydrogen-bond acceptors (Lipinski definition) is 4. The maximum Gasteiger partial charge on any atom is 0.395 e. The lowest BCUT2D eigenvalue weighted by atomic mass is 9.98. The molecule has 1 atom stereocenters. The molecule has 9 heteroatoms. The fourth-order valence-electron chi connectivity index (χ4n) is 3.56. The molecule has 0 fully saturated rings. The summed E-state index contributed by atoms with van der Waals surface area (Å²) in [5.74, 6) is -1.70. The third-order valence-corrected chi connectivity index (χ3v) is 5.34. The molecule has 3 rings (SSSR count). The van der Waals surface area contributed by atoms with Crippen molar-refractivity contribution in [2.24, 2.45) is 5.92 Å². The van der Waals surface area contributed by atoms with Crippen molar-refractivity contribution in [3.8, 4) is 0 Å². The predicted octanol–water partition coefficient (Wildman–Crippen LogP) is 4.47. The van der Waals surface area contributed by atoms with E-state index in [1.54, 1.807) is 0 Å². The second kappa shape index (κ2) is 10.5. The Labute approximate surface area is 184 Å². The van der Waals surface area contributed by atoms with Crippen LogP contribution in [0.1, 0.15) is 44.6 Å². The lowest BCUT2D eigenvalue weighted by Crippen LogP contribution is -2.43. The summed E-state index contributed by atoms with van der Waals surface area (Å²) in [5, 5.41) is 2.81. The lowest BCUT2D eigenvalue weighted by Gasteiger charge is -2.23. The Morgan fingerprint density at radius 3 is 2.53 bits per heavy atom. The van der Waals surface area contributed by atoms with Crippen LogP contribution in [0.15, 0.2) is 63.8 Å². The molecule has 1 N–H and O–H groups in total. The van der Waals surface area contributed by atoms with Crippen LogP contribution in [0.3, 0.4) is 0 Å². The molecule has 0 spiro atoms. The summed E-state index contributed by atoms with van der Waals surface area (Å²) in [4.78, 5) is 29.8. The van der Waals surface area contributed by atoms with Gasteiger partial charge in [0.25, 0.3) is 0 Å². The maximum absolute atomic E-state index is 13.2. The number of hydrogen-bond donors (Lipinski definition) is 1. The summed E-state index contributed by atoms with van der Waals surface area (Å²) >= 11 is 0. The third kappa shape index (κ3) is 5.99. The Morgan fingerprint density at radius 1 is 1.09 bits per heavy atom. The molecule has 1 aliphatic rings. The highest BCUT2D eigenvalue weighted by Crippen LogP contribution is 2.34. The summed E-state index contributed by atoms with van der Waals surface area (Å²) in [6.07, 6.45) is 2.79. The average molecular weight is 448 g/mol. The zero-order valence-electron chi connectivity index (χ0n) is 17.9. The van der Waals surface area contributed by atoms with E-state index in [0.29, 0.717) is 6.42 Å². The van der Waals surface area contributed by atoms with Gasteiger partial charge in [0.2, 0.25) is 5.95 Å². The van der Waals surface area contributed by atoms with Gasteiger partial charge in [-0.1, -0.05) is 68.7 Å². The highest BCUT2D eigenvalue weighted by molar-refractivity contribution is 5.39. The molecule has 6 nitrogen and oxygen atoms in total. The normalized spacial score (nSPS) is 16.1. The molecule has 32 heavy (non-hydrogen) atoms. The first-order valence-electron chi connectivity index (χ1n) is 10.8. The standard InChI is InChI=1S/C23H27F3N4O2/c1-2-3-4-8-14-29-21(31)28-20(27-19-13-9-12-18(15-19)23(24,25)26)30(22(29)32)16-17-10-6-5-7-11-17/h5-7,9-13,18H,2-4,8,14-16H2,1H3,(H,27,28,31). The van der Waals surface area contributed by atoms with Crippen molar-refractivity contribution in [3.63, 3.8) is 0 Å². The van der Waals surface area contributed by atoms with E-state index in [0.717, 1.165) is 35.5 Å². The molecule has 1 aromatic carbocycles. The number of benzene rings is 1. The smallest absolute Gasteiger partial charge is 0.329 e. The second-order valence-corrected chi connectivity index (χ2v) is 7.84. The van der Waals surface area contributed by atoms with E-state index >= 15 is 0 Å². The van der Waals surface area contributed by atoms with Crippen LogP contribution in [0.5, 0.6) is 0 Å². The van der Waals surface area contributed by atoms with E-state index in [-0.39, 0.29) is 31.2 Å². The Morgan fingerprint density at radius 2 is 1.84 bits per heavy atom. The molecule has 0 aliphatic heterocycles. The number of unbranched alkanes of at least 4 members (excludes halogenated alkanes) is 3. The number of nitrogens with one attached hydrogen (secondary N) is 1. The van der Waals surface area contributed by atoms with Crippen LogP contribution in [0.2, 0.25) is 0 Å². The first-order chi connectivity index (χ1) is 15.3. The quantitative estimate of drug-likeness (QED) is 0.575. The minimum Gasteiger partial charge on any atom is -0.329 e. The van der Waals surface area contributed by atoms with E-state index in [9.17, 15) is 22.8 Å². The number of allylic oxidation sites excluding steroid dienone is 4. The van der Waals surface area contributed by atoms with Crippen molar-refractivity contribution in [2.75, 3.05) is 5.32 Å². The van der Waals surface area contributed by atoms with Crippen LogP contribution < -0.4 is 16.7 Å². The number of halogens is 3. The third-order valence-electron chi connectivity index (χ3n) is 5.34. The van der Waals surface area contributed by atoms with Crippen molar-refractivity contribution < 1.29 is 13.2 Å². The van der Waals surface area contributed by atoms with Gasteiger partial charge < -0.3 is 5.32 Å². The Balaban J connectivity index is 1.94.